The van der Waals surface area contributed by atoms with Crippen molar-refractivity contribution in [2.75, 3.05) is 0 Å². The Labute approximate surface area is 49.5 Å². The lowest BCUT2D eigenvalue weighted by Gasteiger charge is -1.75. The summed E-state index contributed by atoms with van der Waals surface area (Å²) in [6, 6.07) is 0. The first-order valence-corrected chi connectivity index (χ1v) is 3.26. The van der Waals surface area contributed by atoms with Gasteiger partial charge in [0, 0.05) is 11.6 Å². The zero-order valence-electron chi connectivity index (χ0n) is 3.98. The summed E-state index contributed by atoms with van der Waals surface area (Å²) in [5, 5.41) is 9.80. The Kier molecular flexibility index (Phi) is 1.55. The van der Waals surface area contributed by atoms with Gasteiger partial charge < -0.3 is 0 Å². The number of rotatable bonds is 0. The van der Waals surface area contributed by atoms with Crippen LogP contribution >= 0.6 is 0 Å². The largest absolute Gasteiger partial charge is 0.256 e. The lowest BCUT2D eigenvalue weighted by atomic mass is 11.1. The molecule has 0 saturated carbocycles. The van der Waals surface area contributed by atoms with Crippen LogP contribution in [0, 0.1) is 11.5 Å². The molecule has 1 unspecified atom stereocenters. The highest BCUT2D eigenvalue weighted by molar-refractivity contribution is 8.03. The van der Waals surface area contributed by atoms with E-state index < -0.39 is 0 Å². The normalized spacial score (nSPS) is 24.1. The molecular weight excluding hydrogens is 122 g/mol. The van der Waals surface area contributed by atoms with Gasteiger partial charge in [0.05, 0.1) is 5.55 Å². The predicted molar refractivity (Wildman–Crippen MR) is 33.0 cm³/mol. The summed E-state index contributed by atoms with van der Waals surface area (Å²) in [5.74, 6) is 0. The molecule has 3 nitrogen and oxygen atoms in total. The molecule has 0 radical (unpaired) electrons. The van der Waals surface area contributed by atoms with E-state index in [0.29, 0.717) is 0 Å². The van der Waals surface area contributed by atoms with Crippen molar-refractivity contribution in [2.24, 2.45) is 9.36 Å². The summed E-state index contributed by atoms with van der Waals surface area (Å²) >= 11 is 0. The van der Waals surface area contributed by atoms with Gasteiger partial charge in [-0.3, -0.25) is 4.99 Å². The van der Waals surface area contributed by atoms with Crippen LogP contribution in [-0.4, -0.2) is 5.55 Å². The van der Waals surface area contributed by atoms with Crippen molar-refractivity contribution in [3.8, 4) is 6.19 Å². The average molecular weight is 125 g/mol. The van der Waals surface area contributed by atoms with E-state index in [0.717, 1.165) is 0 Å². The van der Waals surface area contributed by atoms with Crippen LogP contribution in [-0.2, 0) is 10.7 Å². The minimum atomic E-state index is -0.336. The van der Waals surface area contributed by atoms with Crippen molar-refractivity contribution in [3.05, 3.63) is 11.6 Å². The van der Waals surface area contributed by atoms with E-state index in [9.17, 15) is 0 Å². The molecule has 0 aliphatic carbocycles. The van der Waals surface area contributed by atoms with Crippen LogP contribution in [0.15, 0.2) is 21.0 Å². The first-order chi connectivity index (χ1) is 3.93. The maximum absolute atomic E-state index is 8.02. The molecule has 4 heteroatoms. The van der Waals surface area contributed by atoms with E-state index >= 15 is 0 Å². The van der Waals surface area contributed by atoms with E-state index in [1.807, 2.05) is 0 Å². The lowest BCUT2D eigenvalue weighted by molar-refractivity contribution is 1.46. The van der Waals surface area contributed by atoms with Gasteiger partial charge in [0.2, 0.25) is 6.19 Å². The van der Waals surface area contributed by atoms with Gasteiger partial charge in [-0.2, -0.15) is 5.26 Å². The first-order valence-electron chi connectivity index (χ1n) is 1.95. The Morgan fingerprint density at radius 3 is 3.12 bits per heavy atom. The van der Waals surface area contributed by atoms with Gasteiger partial charge in [0.15, 0.2) is 0 Å². The minimum Gasteiger partial charge on any atom is -0.256 e. The van der Waals surface area contributed by atoms with Crippen molar-refractivity contribution >= 4 is 16.2 Å². The molecule has 0 fully saturated rings. The van der Waals surface area contributed by atoms with Crippen LogP contribution in [0.2, 0.25) is 0 Å². The molecule has 0 aromatic heterocycles. The second-order valence-electron chi connectivity index (χ2n) is 1.08. The zero-order chi connectivity index (χ0) is 5.82. The third kappa shape index (κ3) is 1.01. The molecule has 0 saturated heterocycles. The summed E-state index contributed by atoms with van der Waals surface area (Å²) in [5.41, 5.74) is 1.64. The van der Waals surface area contributed by atoms with Crippen molar-refractivity contribution in [1.82, 2.24) is 0 Å². The van der Waals surface area contributed by atoms with Gasteiger partial charge in [-0.1, -0.05) is 0 Å². The van der Waals surface area contributed by atoms with Crippen molar-refractivity contribution in [2.45, 2.75) is 0 Å². The van der Waals surface area contributed by atoms with E-state index in [4.69, 9.17) is 5.26 Å². The standard InChI is InChI=1S/C4H3N3S/c5-3-7-8-2-1-6-4-8/h1-2,4H. The van der Waals surface area contributed by atoms with Crippen LogP contribution in [0.1, 0.15) is 0 Å². The fourth-order valence-electron chi connectivity index (χ4n) is 0.331. The first kappa shape index (κ1) is 5.19. The van der Waals surface area contributed by atoms with E-state index in [1.54, 1.807) is 23.3 Å². The molecule has 0 spiro atoms. The molecule has 1 heterocycles. The number of nitrogens with zero attached hydrogens (tertiary/aromatic N) is 3. The highest BCUT2D eigenvalue weighted by atomic mass is 32.2. The molecule has 0 aromatic carbocycles. The monoisotopic (exact) mass is 125 g/mol. The third-order valence-electron chi connectivity index (χ3n) is 0.601. The summed E-state index contributed by atoms with van der Waals surface area (Å²) in [7, 11) is -0.336. The van der Waals surface area contributed by atoms with Crippen molar-refractivity contribution in [1.29, 1.82) is 5.26 Å². The summed E-state index contributed by atoms with van der Waals surface area (Å²) in [6.45, 7) is 0. The van der Waals surface area contributed by atoms with Gasteiger partial charge in [-0.15, -0.1) is 4.36 Å². The maximum Gasteiger partial charge on any atom is 0.212 e. The smallest absolute Gasteiger partial charge is 0.212 e. The molecule has 1 rings (SSSR count). The fourth-order valence-corrected chi connectivity index (χ4v) is 0.994. The summed E-state index contributed by atoms with van der Waals surface area (Å²) in [6.07, 6.45) is 3.35. The van der Waals surface area contributed by atoms with Crippen molar-refractivity contribution < 1.29 is 0 Å². The van der Waals surface area contributed by atoms with Gasteiger partial charge in [0.25, 0.3) is 0 Å². The molecule has 0 aromatic rings. The highest BCUT2D eigenvalue weighted by Gasteiger charge is 1.88. The second-order valence-corrected chi connectivity index (χ2v) is 2.44. The van der Waals surface area contributed by atoms with Gasteiger partial charge in [-0.05, 0) is 10.7 Å². The number of hydrogen-bond acceptors (Lipinski definition) is 3. The van der Waals surface area contributed by atoms with Gasteiger partial charge in [-0.25, -0.2) is 0 Å². The van der Waals surface area contributed by atoms with Crippen LogP contribution in [0.25, 0.3) is 0 Å². The lowest BCUT2D eigenvalue weighted by Crippen LogP contribution is -1.75. The minimum absolute atomic E-state index is 0.336. The SMILES string of the molecule is N#CN=S1C=CN=C1. The number of hydrogen-bond donors (Lipinski definition) is 0. The molecule has 0 bridgehead atoms. The molecule has 40 valence electrons. The molecule has 1 aliphatic rings. The maximum atomic E-state index is 8.02. The fraction of sp³-hybridized carbons (Fsp3) is 0. The van der Waals surface area contributed by atoms with Crippen molar-refractivity contribution in [3.63, 3.8) is 0 Å². The summed E-state index contributed by atoms with van der Waals surface area (Å²) in [4.78, 5) is 3.75. The van der Waals surface area contributed by atoms with Gasteiger partial charge >= 0.3 is 0 Å². The highest BCUT2D eigenvalue weighted by Crippen LogP contribution is 1.94. The molecule has 0 N–H and O–H groups in total. The molecule has 1 atom stereocenters. The number of nitriles is 1. The Morgan fingerprint density at radius 1 is 1.75 bits per heavy atom. The number of aliphatic imine (C=N–C) groups is 1. The Hall–Kier alpha value is -0.950. The molecular formula is C4H3N3S. The Morgan fingerprint density at radius 2 is 2.62 bits per heavy atom. The Bertz CT molecular complexity index is 194. The quantitative estimate of drug-likeness (QED) is 0.441. The van der Waals surface area contributed by atoms with Crippen LogP contribution in [0.4, 0.5) is 0 Å². The molecule has 8 heavy (non-hydrogen) atoms. The topological polar surface area (TPSA) is 48.5 Å². The van der Waals surface area contributed by atoms with Crippen LogP contribution < -0.4 is 0 Å². The summed E-state index contributed by atoms with van der Waals surface area (Å²) < 4.78 is 3.52. The van der Waals surface area contributed by atoms with Crippen LogP contribution in [0.3, 0.4) is 0 Å². The second kappa shape index (κ2) is 2.38. The Balaban J connectivity index is 2.79. The van der Waals surface area contributed by atoms with Gasteiger partial charge in [0.1, 0.15) is 0 Å². The predicted octanol–water partition coefficient (Wildman–Crippen LogP) is 0.782. The van der Waals surface area contributed by atoms with Crippen LogP contribution in [0.5, 0.6) is 0 Å². The van der Waals surface area contributed by atoms with E-state index in [-0.39, 0.29) is 10.7 Å². The van der Waals surface area contributed by atoms with E-state index in [2.05, 4.69) is 9.36 Å². The average Bonchev–Trinajstić information content (AvgIpc) is 2.19. The third-order valence-corrected chi connectivity index (χ3v) is 1.63. The van der Waals surface area contributed by atoms with E-state index in [1.165, 1.54) is 0 Å². The molecule has 0 amide bonds. The zero-order valence-corrected chi connectivity index (χ0v) is 4.80. The molecule has 1 aliphatic heterocycles.